The summed E-state index contributed by atoms with van der Waals surface area (Å²) in [5, 5.41) is 1.80. The SMILES string of the molecule is CCC(c1ccccc1)N(C)Cc1ccc2c(C)c[nH]c(=O)c2c1. The van der Waals surface area contributed by atoms with Crippen LogP contribution in [-0.4, -0.2) is 16.9 Å². The monoisotopic (exact) mass is 320 g/mol. The molecular formula is C21H24N2O. The van der Waals surface area contributed by atoms with E-state index in [9.17, 15) is 4.79 Å². The number of hydrogen-bond donors (Lipinski definition) is 1. The molecule has 1 heterocycles. The van der Waals surface area contributed by atoms with Gasteiger partial charge in [0.05, 0.1) is 0 Å². The Kier molecular flexibility index (Phi) is 4.81. The van der Waals surface area contributed by atoms with E-state index in [4.69, 9.17) is 0 Å². The number of aryl methyl sites for hydroxylation is 1. The van der Waals surface area contributed by atoms with Crippen LogP contribution in [0.4, 0.5) is 0 Å². The van der Waals surface area contributed by atoms with E-state index in [1.54, 1.807) is 6.20 Å². The van der Waals surface area contributed by atoms with E-state index < -0.39 is 0 Å². The van der Waals surface area contributed by atoms with Crippen molar-refractivity contribution in [3.63, 3.8) is 0 Å². The minimum Gasteiger partial charge on any atom is -0.328 e. The van der Waals surface area contributed by atoms with Gasteiger partial charge in [0.25, 0.3) is 5.56 Å². The molecule has 1 N–H and O–H groups in total. The number of benzene rings is 2. The van der Waals surface area contributed by atoms with Crippen LogP contribution in [0, 0.1) is 6.92 Å². The second-order valence-corrected chi connectivity index (χ2v) is 6.43. The fourth-order valence-corrected chi connectivity index (χ4v) is 3.43. The zero-order valence-corrected chi connectivity index (χ0v) is 14.5. The number of rotatable bonds is 5. The molecule has 3 rings (SSSR count). The molecule has 24 heavy (non-hydrogen) atoms. The quantitative estimate of drug-likeness (QED) is 0.755. The number of fused-ring (bicyclic) bond motifs is 1. The van der Waals surface area contributed by atoms with Crippen molar-refractivity contribution in [3.8, 4) is 0 Å². The van der Waals surface area contributed by atoms with Crippen LogP contribution in [0.15, 0.2) is 59.5 Å². The summed E-state index contributed by atoms with van der Waals surface area (Å²) in [5.41, 5.74) is 3.57. The zero-order chi connectivity index (χ0) is 17.1. The molecule has 3 aromatic rings. The number of hydrogen-bond acceptors (Lipinski definition) is 2. The predicted molar refractivity (Wildman–Crippen MR) is 100 cm³/mol. The first-order valence-corrected chi connectivity index (χ1v) is 8.46. The molecule has 124 valence electrons. The number of H-pyrrole nitrogens is 1. The number of nitrogens with one attached hydrogen (secondary N) is 1. The maximum Gasteiger partial charge on any atom is 0.255 e. The molecule has 0 saturated carbocycles. The van der Waals surface area contributed by atoms with Gasteiger partial charge in [0.1, 0.15) is 0 Å². The van der Waals surface area contributed by atoms with Crippen molar-refractivity contribution in [3.05, 3.63) is 81.8 Å². The first-order chi connectivity index (χ1) is 11.6. The van der Waals surface area contributed by atoms with Gasteiger partial charge in [-0.15, -0.1) is 0 Å². The topological polar surface area (TPSA) is 36.1 Å². The summed E-state index contributed by atoms with van der Waals surface area (Å²) in [5.74, 6) is 0. The molecule has 2 aromatic carbocycles. The lowest BCUT2D eigenvalue weighted by Crippen LogP contribution is -2.23. The Balaban J connectivity index is 1.89. The van der Waals surface area contributed by atoms with Crippen molar-refractivity contribution in [1.82, 2.24) is 9.88 Å². The van der Waals surface area contributed by atoms with Crippen molar-refractivity contribution in [2.24, 2.45) is 0 Å². The lowest BCUT2D eigenvalue weighted by Gasteiger charge is -2.27. The fourth-order valence-electron chi connectivity index (χ4n) is 3.43. The molecular weight excluding hydrogens is 296 g/mol. The van der Waals surface area contributed by atoms with Gasteiger partial charge in [-0.1, -0.05) is 49.4 Å². The van der Waals surface area contributed by atoms with E-state index in [0.29, 0.717) is 6.04 Å². The number of nitrogens with zero attached hydrogens (tertiary/aromatic N) is 1. The Hall–Kier alpha value is -2.39. The highest BCUT2D eigenvalue weighted by atomic mass is 16.1. The van der Waals surface area contributed by atoms with E-state index >= 15 is 0 Å². The molecule has 0 aliphatic carbocycles. The Morgan fingerprint density at radius 1 is 1.08 bits per heavy atom. The molecule has 0 bridgehead atoms. The molecule has 0 saturated heterocycles. The standard InChI is InChI=1S/C21H24N2O/c1-4-20(17-8-6-5-7-9-17)23(3)14-16-10-11-18-15(2)13-22-21(24)19(18)12-16/h5-13,20H,4,14H2,1-3H3,(H,22,24). The lowest BCUT2D eigenvalue weighted by molar-refractivity contribution is 0.230. The Bertz CT molecular complexity index is 883. The summed E-state index contributed by atoms with van der Waals surface area (Å²) in [4.78, 5) is 17.3. The van der Waals surface area contributed by atoms with E-state index in [1.807, 2.05) is 19.1 Å². The molecule has 0 radical (unpaired) electrons. The largest absolute Gasteiger partial charge is 0.328 e. The lowest BCUT2D eigenvalue weighted by atomic mass is 10.0. The maximum absolute atomic E-state index is 12.1. The third kappa shape index (κ3) is 3.26. The molecule has 3 heteroatoms. The average Bonchev–Trinajstić information content (AvgIpc) is 2.60. The molecule has 0 spiro atoms. The summed E-state index contributed by atoms with van der Waals surface area (Å²) in [6.07, 6.45) is 2.83. The number of pyridine rings is 1. The molecule has 0 amide bonds. The fraction of sp³-hybridized carbons (Fsp3) is 0.286. The number of aromatic amines is 1. The van der Waals surface area contributed by atoms with Crippen molar-refractivity contribution in [2.75, 3.05) is 7.05 Å². The summed E-state index contributed by atoms with van der Waals surface area (Å²) in [6.45, 7) is 5.05. The minimum atomic E-state index is -0.0183. The van der Waals surface area contributed by atoms with Crippen molar-refractivity contribution < 1.29 is 0 Å². The second kappa shape index (κ2) is 7.02. The van der Waals surface area contributed by atoms with Crippen LogP contribution < -0.4 is 5.56 Å². The maximum atomic E-state index is 12.1. The van der Waals surface area contributed by atoms with Gasteiger partial charge in [0.15, 0.2) is 0 Å². The van der Waals surface area contributed by atoms with Gasteiger partial charge in [0.2, 0.25) is 0 Å². The number of aromatic nitrogens is 1. The van der Waals surface area contributed by atoms with Crippen LogP contribution in [-0.2, 0) is 6.54 Å². The van der Waals surface area contributed by atoms with Crippen molar-refractivity contribution in [2.45, 2.75) is 32.9 Å². The van der Waals surface area contributed by atoms with E-state index in [-0.39, 0.29) is 5.56 Å². The summed E-state index contributed by atoms with van der Waals surface area (Å²) in [6, 6.07) is 17.2. The highest BCUT2D eigenvalue weighted by Crippen LogP contribution is 2.25. The van der Waals surface area contributed by atoms with E-state index in [2.05, 4.69) is 60.3 Å². The molecule has 0 aliphatic rings. The molecule has 0 fully saturated rings. The third-order valence-electron chi connectivity index (χ3n) is 4.71. The first kappa shape index (κ1) is 16.5. The minimum absolute atomic E-state index is 0.0183. The van der Waals surface area contributed by atoms with Gasteiger partial charge in [-0.25, -0.2) is 0 Å². The highest BCUT2D eigenvalue weighted by molar-refractivity contribution is 5.84. The highest BCUT2D eigenvalue weighted by Gasteiger charge is 2.15. The van der Waals surface area contributed by atoms with Gasteiger partial charge in [-0.05, 0) is 48.5 Å². The third-order valence-corrected chi connectivity index (χ3v) is 4.71. The van der Waals surface area contributed by atoms with Crippen LogP contribution in [0.25, 0.3) is 10.8 Å². The zero-order valence-electron chi connectivity index (χ0n) is 14.5. The van der Waals surface area contributed by atoms with Crippen LogP contribution >= 0.6 is 0 Å². The van der Waals surface area contributed by atoms with Crippen LogP contribution in [0.1, 0.15) is 36.1 Å². The van der Waals surface area contributed by atoms with E-state index in [0.717, 1.165) is 34.9 Å². The van der Waals surface area contributed by atoms with Crippen LogP contribution in [0.2, 0.25) is 0 Å². The van der Waals surface area contributed by atoms with Gasteiger partial charge < -0.3 is 4.98 Å². The normalized spacial score (nSPS) is 12.7. The smallest absolute Gasteiger partial charge is 0.255 e. The van der Waals surface area contributed by atoms with Crippen molar-refractivity contribution in [1.29, 1.82) is 0 Å². The molecule has 1 unspecified atom stereocenters. The average molecular weight is 320 g/mol. The van der Waals surface area contributed by atoms with Crippen LogP contribution in [0.3, 0.4) is 0 Å². The second-order valence-electron chi connectivity index (χ2n) is 6.43. The van der Waals surface area contributed by atoms with Gasteiger partial charge in [-0.2, -0.15) is 0 Å². The molecule has 1 aromatic heterocycles. The summed E-state index contributed by atoms with van der Waals surface area (Å²) >= 11 is 0. The Labute approximate surface area is 143 Å². The molecule has 0 aliphatic heterocycles. The van der Waals surface area contributed by atoms with Crippen LogP contribution in [0.5, 0.6) is 0 Å². The summed E-state index contributed by atoms with van der Waals surface area (Å²) < 4.78 is 0. The first-order valence-electron chi connectivity index (χ1n) is 8.46. The van der Waals surface area contributed by atoms with E-state index in [1.165, 1.54) is 5.56 Å². The van der Waals surface area contributed by atoms with Gasteiger partial charge >= 0.3 is 0 Å². The Morgan fingerprint density at radius 2 is 1.83 bits per heavy atom. The van der Waals surface area contributed by atoms with Gasteiger partial charge in [0, 0.05) is 24.2 Å². The van der Waals surface area contributed by atoms with Gasteiger partial charge in [-0.3, -0.25) is 9.69 Å². The molecule has 1 atom stereocenters. The molecule has 3 nitrogen and oxygen atoms in total. The predicted octanol–water partition coefficient (Wildman–Crippen LogP) is 4.42. The van der Waals surface area contributed by atoms with Crippen molar-refractivity contribution >= 4 is 10.8 Å². The Morgan fingerprint density at radius 3 is 2.54 bits per heavy atom. The summed E-state index contributed by atoms with van der Waals surface area (Å²) in [7, 11) is 2.14.